The SMILES string of the molecule is COC(=O)C(C)C(N=C(c1ccccc1)c1ccccc1)c1ccc(OC)cc1. The molecule has 2 atom stereocenters. The Morgan fingerprint density at radius 3 is 1.76 bits per heavy atom. The molecule has 2 unspecified atom stereocenters. The number of benzene rings is 3. The van der Waals surface area contributed by atoms with Crippen molar-refractivity contribution in [3.63, 3.8) is 0 Å². The highest BCUT2D eigenvalue weighted by Gasteiger charge is 2.27. The molecule has 0 bridgehead atoms. The number of esters is 1. The maximum atomic E-state index is 12.4. The van der Waals surface area contributed by atoms with Gasteiger partial charge in [0.1, 0.15) is 5.75 Å². The van der Waals surface area contributed by atoms with Crippen molar-refractivity contribution in [1.29, 1.82) is 0 Å². The van der Waals surface area contributed by atoms with Crippen molar-refractivity contribution in [3.8, 4) is 5.75 Å². The van der Waals surface area contributed by atoms with E-state index < -0.39 is 12.0 Å². The lowest BCUT2D eigenvalue weighted by Crippen LogP contribution is -2.21. The number of carbonyl (C=O) groups excluding carboxylic acids is 1. The molecule has 0 radical (unpaired) electrons. The minimum atomic E-state index is -0.448. The van der Waals surface area contributed by atoms with E-state index in [2.05, 4.69) is 0 Å². The second kappa shape index (κ2) is 9.69. The van der Waals surface area contributed by atoms with Crippen molar-refractivity contribution in [1.82, 2.24) is 0 Å². The number of hydrogen-bond acceptors (Lipinski definition) is 4. The van der Waals surface area contributed by atoms with Gasteiger partial charge in [-0.2, -0.15) is 0 Å². The van der Waals surface area contributed by atoms with E-state index in [1.54, 1.807) is 7.11 Å². The summed E-state index contributed by atoms with van der Waals surface area (Å²) in [6.07, 6.45) is 0. The normalized spacial score (nSPS) is 12.5. The Balaban J connectivity index is 2.14. The zero-order chi connectivity index (χ0) is 20.6. The van der Waals surface area contributed by atoms with Crippen molar-refractivity contribution in [2.75, 3.05) is 14.2 Å². The molecule has 0 aliphatic rings. The van der Waals surface area contributed by atoms with Crippen LogP contribution in [0.2, 0.25) is 0 Å². The molecule has 0 fully saturated rings. The van der Waals surface area contributed by atoms with Gasteiger partial charge in [0, 0.05) is 11.1 Å². The van der Waals surface area contributed by atoms with Crippen LogP contribution in [0.4, 0.5) is 0 Å². The third kappa shape index (κ3) is 4.91. The Morgan fingerprint density at radius 1 is 0.793 bits per heavy atom. The van der Waals surface area contributed by atoms with Gasteiger partial charge in [0.2, 0.25) is 0 Å². The Bertz CT molecular complexity index is 909. The Hall–Kier alpha value is -3.40. The summed E-state index contributed by atoms with van der Waals surface area (Å²) in [4.78, 5) is 17.5. The first kappa shape index (κ1) is 20.3. The van der Waals surface area contributed by atoms with Gasteiger partial charge in [-0.1, -0.05) is 72.8 Å². The van der Waals surface area contributed by atoms with Gasteiger partial charge >= 0.3 is 5.97 Å². The molecule has 4 nitrogen and oxygen atoms in total. The highest BCUT2D eigenvalue weighted by Crippen LogP contribution is 2.30. The van der Waals surface area contributed by atoms with E-state index in [0.29, 0.717) is 0 Å². The molecule has 0 aromatic heterocycles. The number of ether oxygens (including phenoxy) is 2. The van der Waals surface area contributed by atoms with Crippen LogP contribution in [0.1, 0.15) is 29.7 Å². The third-order valence-electron chi connectivity index (χ3n) is 4.87. The highest BCUT2D eigenvalue weighted by atomic mass is 16.5. The summed E-state index contributed by atoms with van der Waals surface area (Å²) in [5.41, 5.74) is 3.75. The standard InChI is InChI=1S/C25H25NO3/c1-18(25(27)29-3)23(21-14-16-22(28-2)17-15-21)26-24(19-10-6-4-7-11-19)20-12-8-5-9-13-20/h4-18,23H,1-3H3. The van der Waals surface area contributed by atoms with Crippen molar-refractivity contribution >= 4 is 11.7 Å². The second-order valence-electron chi connectivity index (χ2n) is 6.74. The molecule has 3 aromatic rings. The zero-order valence-electron chi connectivity index (χ0n) is 16.9. The average molecular weight is 387 g/mol. The molecule has 0 heterocycles. The molecule has 0 amide bonds. The molecule has 0 saturated heterocycles. The summed E-state index contributed by atoms with van der Waals surface area (Å²) in [6, 6.07) is 27.3. The molecule has 29 heavy (non-hydrogen) atoms. The number of carbonyl (C=O) groups is 1. The predicted octanol–water partition coefficient (Wildman–Crippen LogP) is 5.08. The fourth-order valence-electron chi connectivity index (χ4n) is 3.24. The first-order valence-corrected chi connectivity index (χ1v) is 9.54. The summed E-state index contributed by atoms with van der Waals surface area (Å²) in [5, 5.41) is 0. The van der Waals surface area contributed by atoms with Crippen molar-refractivity contribution < 1.29 is 14.3 Å². The first-order chi connectivity index (χ1) is 14.1. The Labute approximate surface area is 171 Å². The fraction of sp³-hybridized carbons (Fsp3) is 0.200. The van der Waals surface area contributed by atoms with E-state index in [9.17, 15) is 4.79 Å². The van der Waals surface area contributed by atoms with Crippen LogP contribution in [0.25, 0.3) is 0 Å². The molecule has 0 aliphatic carbocycles. The van der Waals surface area contributed by atoms with E-state index in [-0.39, 0.29) is 5.97 Å². The van der Waals surface area contributed by atoms with Gasteiger partial charge in [0.25, 0.3) is 0 Å². The molecule has 0 spiro atoms. The van der Waals surface area contributed by atoms with Crippen LogP contribution in [-0.2, 0) is 9.53 Å². The molecule has 3 rings (SSSR count). The van der Waals surface area contributed by atoms with Gasteiger partial charge in [0.05, 0.1) is 31.9 Å². The van der Waals surface area contributed by atoms with Gasteiger partial charge in [-0.15, -0.1) is 0 Å². The van der Waals surface area contributed by atoms with E-state index >= 15 is 0 Å². The number of hydrogen-bond donors (Lipinski definition) is 0. The molecule has 3 aromatic carbocycles. The largest absolute Gasteiger partial charge is 0.497 e. The van der Waals surface area contributed by atoms with Crippen LogP contribution in [0.3, 0.4) is 0 Å². The fourth-order valence-corrected chi connectivity index (χ4v) is 3.24. The lowest BCUT2D eigenvalue weighted by Gasteiger charge is -2.21. The maximum Gasteiger partial charge on any atom is 0.310 e. The van der Waals surface area contributed by atoms with Crippen LogP contribution >= 0.6 is 0 Å². The molecule has 148 valence electrons. The molecule has 0 N–H and O–H groups in total. The minimum Gasteiger partial charge on any atom is -0.497 e. The van der Waals surface area contributed by atoms with E-state index in [4.69, 9.17) is 14.5 Å². The second-order valence-corrected chi connectivity index (χ2v) is 6.74. The van der Waals surface area contributed by atoms with Gasteiger partial charge in [0.15, 0.2) is 0 Å². The van der Waals surface area contributed by atoms with Crippen LogP contribution in [-0.4, -0.2) is 25.9 Å². The quantitative estimate of drug-likeness (QED) is 0.419. The van der Waals surface area contributed by atoms with Gasteiger partial charge in [-0.05, 0) is 24.6 Å². The molecular weight excluding hydrogens is 362 g/mol. The Morgan fingerprint density at radius 2 is 1.31 bits per heavy atom. The van der Waals surface area contributed by atoms with Crippen LogP contribution in [0.5, 0.6) is 5.75 Å². The third-order valence-corrected chi connectivity index (χ3v) is 4.87. The number of methoxy groups -OCH3 is 2. The van der Waals surface area contributed by atoms with Gasteiger partial charge in [-0.25, -0.2) is 0 Å². The van der Waals surface area contributed by atoms with Crippen LogP contribution in [0, 0.1) is 5.92 Å². The smallest absolute Gasteiger partial charge is 0.310 e. The number of rotatable bonds is 7. The summed E-state index contributed by atoms with van der Waals surface area (Å²) in [7, 11) is 3.04. The monoisotopic (exact) mass is 387 g/mol. The van der Waals surface area contributed by atoms with E-state index in [1.165, 1.54) is 7.11 Å². The zero-order valence-corrected chi connectivity index (χ0v) is 16.9. The van der Waals surface area contributed by atoms with Crippen molar-refractivity contribution in [3.05, 3.63) is 102 Å². The lowest BCUT2D eigenvalue weighted by atomic mass is 9.93. The van der Waals surface area contributed by atoms with Crippen molar-refractivity contribution in [2.24, 2.45) is 10.9 Å². The molecule has 4 heteroatoms. The number of nitrogens with zero attached hydrogens (tertiary/aromatic N) is 1. The van der Waals surface area contributed by atoms with E-state index in [0.717, 1.165) is 28.2 Å². The van der Waals surface area contributed by atoms with Crippen LogP contribution in [0.15, 0.2) is 89.9 Å². The predicted molar refractivity (Wildman–Crippen MR) is 115 cm³/mol. The Kier molecular flexibility index (Phi) is 6.80. The topological polar surface area (TPSA) is 47.9 Å². The minimum absolute atomic E-state index is 0.296. The summed E-state index contributed by atoms with van der Waals surface area (Å²) in [6.45, 7) is 1.85. The molecule has 0 saturated carbocycles. The summed E-state index contributed by atoms with van der Waals surface area (Å²) >= 11 is 0. The summed E-state index contributed by atoms with van der Waals surface area (Å²) < 4.78 is 10.3. The van der Waals surface area contributed by atoms with Crippen LogP contribution < -0.4 is 4.74 Å². The molecule has 0 aliphatic heterocycles. The highest BCUT2D eigenvalue weighted by molar-refractivity contribution is 6.13. The number of aliphatic imine (C=N–C) groups is 1. The van der Waals surface area contributed by atoms with Crippen molar-refractivity contribution in [2.45, 2.75) is 13.0 Å². The van der Waals surface area contributed by atoms with Gasteiger partial charge in [-0.3, -0.25) is 9.79 Å². The summed E-state index contributed by atoms with van der Waals surface area (Å²) in [5.74, 6) is 0.0133. The average Bonchev–Trinajstić information content (AvgIpc) is 2.80. The van der Waals surface area contributed by atoms with Gasteiger partial charge < -0.3 is 9.47 Å². The first-order valence-electron chi connectivity index (χ1n) is 9.54. The maximum absolute atomic E-state index is 12.4. The van der Waals surface area contributed by atoms with E-state index in [1.807, 2.05) is 91.9 Å². The lowest BCUT2D eigenvalue weighted by molar-refractivity contribution is -0.145. The molecular formula is C25H25NO3.